The van der Waals surface area contributed by atoms with Gasteiger partial charge in [-0.15, -0.1) is 0 Å². The predicted molar refractivity (Wildman–Crippen MR) is 63.1 cm³/mol. The van der Waals surface area contributed by atoms with Gasteiger partial charge in [-0.1, -0.05) is 0 Å². The van der Waals surface area contributed by atoms with Crippen molar-refractivity contribution in [3.8, 4) is 0 Å². The van der Waals surface area contributed by atoms with Crippen LogP contribution in [0, 0.1) is 0 Å². The van der Waals surface area contributed by atoms with Crippen LogP contribution in [0.1, 0.15) is 12.5 Å². The van der Waals surface area contributed by atoms with E-state index in [1.54, 1.807) is 0 Å². The van der Waals surface area contributed by atoms with Crippen LogP contribution in [-0.4, -0.2) is 44.9 Å². The second kappa shape index (κ2) is 5.08. The Hall–Kier alpha value is -0.921. The summed E-state index contributed by atoms with van der Waals surface area (Å²) in [5.41, 5.74) is 1.12. The van der Waals surface area contributed by atoms with Gasteiger partial charge in [0.05, 0.1) is 0 Å². The minimum absolute atomic E-state index is 0.928. The molecule has 74 valence electrons. The molecule has 3 heteroatoms. The number of hydrogen-bond donors (Lipinski definition) is 0. The zero-order chi connectivity index (χ0) is 10.6. The van der Waals surface area contributed by atoms with E-state index in [1.165, 1.54) is 0 Å². The Balaban J connectivity index is 2.83. The van der Waals surface area contributed by atoms with Crippen molar-refractivity contribution >= 4 is 26.0 Å². The van der Waals surface area contributed by atoms with E-state index in [4.69, 9.17) is 0 Å². The molecule has 0 aliphatic rings. The number of amidine groups is 1. The van der Waals surface area contributed by atoms with E-state index in [1.807, 2.05) is 56.3 Å². The quantitative estimate of drug-likeness (QED) is 0.441. The Bertz CT molecular complexity index is 342. The van der Waals surface area contributed by atoms with Gasteiger partial charge in [0.15, 0.2) is 0 Å². The molecule has 0 fully saturated rings. The third-order valence-corrected chi connectivity index (χ3v) is 2.62. The van der Waals surface area contributed by atoms with Gasteiger partial charge in [-0.05, 0) is 0 Å². The Kier molecular flexibility index (Phi) is 4.05. The zero-order valence-electron chi connectivity index (χ0n) is 8.69. The summed E-state index contributed by atoms with van der Waals surface area (Å²) >= 11 is 2.98. The van der Waals surface area contributed by atoms with E-state index < -0.39 is 0 Å². The first kappa shape index (κ1) is 11.2. The number of hydrogen-bond acceptors (Lipinski definition) is 1. The molecule has 0 spiro atoms. The van der Waals surface area contributed by atoms with Gasteiger partial charge in [-0.2, -0.15) is 0 Å². The SMILES string of the molecule is CC(=NC(=[Se])c1ccccc1)N(C)C. The summed E-state index contributed by atoms with van der Waals surface area (Å²) in [6.45, 7) is 1.99. The standard InChI is InChI=1S/C11H14N2Se/c1-9(13(2)3)12-11(14)10-7-5-4-6-8-10/h4-8H,1-3H3. The normalized spacial score (nSPS) is 11.2. The molecular weight excluding hydrogens is 239 g/mol. The van der Waals surface area contributed by atoms with E-state index >= 15 is 0 Å². The first-order chi connectivity index (χ1) is 6.61. The van der Waals surface area contributed by atoms with E-state index in [2.05, 4.69) is 20.6 Å². The van der Waals surface area contributed by atoms with Gasteiger partial charge >= 0.3 is 92.8 Å². The van der Waals surface area contributed by atoms with Gasteiger partial charge in [0, 0.05) is 0 Å². The van der Waals surface area contributed by atoms with Crippen molar-refractivity contribution < 1.29 is 0 Å². The zero-order valence-corrected chi connectivity index (χ0v) is 10.4. The van der Waals surface area contributed by atoms with Crippen molar-refractivity contribution in [2.75, 3.05) is 14.1 Å². The molecule has 0 aliphatic carbocycles. The average Bonchev–Trinajstić information content (AvgIpc) is 2.19. The van der Waals surface area contributed by atoms with Crippen molar-refractivity contribution in [2.45, 2.75) is 6.92 Å². The van der Waals surface area contributed by atoms with E-state index in [-0.39, 0.29) is 0 Å². The van der Waals surface area contributed by atoms with Crippen LogP contribution in [0.4, 0.5) is 0 Å². The summed E-state index contributed by atoms with van der Waals surface area (Å²) in [6.07, 6.45) is 0. The molecule has 0 unspecified atom stereocenters. The summed E-state index contributed by atoms with van der Waals surface area (Å²) in [5.74, 6) is 0.989. The Labute approximate surface area is 93.0 Å². The van der Waals surface area contributed by atoms with Gasteiger partial charge in [0.2, 0.25) is 0 Å². The molecule has 14 heavy (non-hydrogen) atoms. The van der Waals surface area contributed by atoms with Crippen molar-refractivity contribution in [3.63, 3.8) is 0 Å². The van der Waals surface area contributed by atoms with Crippen LogP contribution in [-0.2, 0) is 0 Å². The number of rotatable bonds is 2. The molecule has 0 radical (unpaired) electrons. The van der Waals surface area contributed by atoms with Crippen LogP contribution in [0.15, 0.2) is 35.3 Å². The minimum atomic E-state index is 0.928. The maximum absolute atomic E-state index is 4.45. The van der Waals surface area contributed by atoms with Gasteiger partial charge in [0.1, 0.15) is 0 Å². The number of nitrogens with zero attached hydrogens (tertiary/aromatic N) is 2. The fraction of sp³-hybridized carbons (Fsp3) is 0.273. The van der Waals surface area contributed by atoms with Crippen molar-refractivity contribution in [1.82, 2.24) is 4.90 Å². The summed E-state index contributed by atoms with van der Waals surface area (Å²) in [6, 6.07) is 10.1. The molecule has 1 rings (SSSR count). The number of benzene rings is 1. The molecular formula is C11H14N2Se. The topological polar surface area (TPSA) is 15.6 Å². The first-order valence-electron chi connectivity index (χ1n) is 4.43. The molecule has 1 aromatic carbocycles. The average molecular weight is 253 g/mol. The molecule has 0 amide bonds. The van der Waals surface area contributed by atoms with Gasteiger partial charge < -0.3 is 0 Å². The fourth-order valence-corrected chi connectivity index (χ4v) is 1.45. The van der Waals surface area contributed by atoms with E-state index in [0.29, 0.717) is 0 Å². The molecule has 0 N–H and O–H groups in total. The molecule has 0 aliphatic heterocycles. The fourth-order valence-electron chi connectivity index (χ4n) is 0.892. The second-order valence-corrected chi connectivity index (χ2v) is 4.04. The molecule has 2 nitrogen and oxygen atoms in total. The maximum atomic E-state index is 4.45. The van der Waals surface area contributed by atoms with E-state index in [9.17, 15) is 0 Å². The van der Waals surface area contributed by atoms with Crippen LogP contribution < -0.4 is 0 Å². The van der Waals surface area contributed by atoms with Crippen LogP contribution in [0.25, 0.3) is 0 Å². The van der Waals surface area contributed by atoms with Crippen LogP contribution in [0.5, 0.6) is 0 Å². The Morgan fingerprint density at radius 1 is 1.21 bits per heavy atom. The molecule has 0 aromatic heterocycles. The summed E-state index contributed by atoms with van der Waals surface area (Å²) < 4.78 is 0.928. The van der Waals surface area contributed by atoms with Crippen LogP contribution in [0.3, 0.4) is 0 Å². The Morgan fingerprint density at radius 2 is 1.79 bits per heavy atom. The third-order valence-electron chi connectivity index (χ3n) is 1.93. The summed E-state index contributed by atoms with van der Waals surface area (Å²) in [5, 5.41) is 0. The Morgan fingerprint density at radius 3 is 2.29 bits per heavy atom. The van der Waals surface area contributed by atoms with Gasteiger partial charge in [0.25, 0.3) is 0 Å². The molecule has 1 aromatic rings. The molecule has 0 bridgehead atoms. The third kappa shape index (κ3) is 3.09. The van der Waals surface area contributed by atoms with Crippen molar-refractivity contribution in [1.29, 1.82) is 0 Å². The molecule has 0 heterocycles. The molecule has 0 saturated carbocycles. The van der Waals surface area contributed by atoms with Crippen LogP contribution >= 0.6 is 0 Å². The van der Waals surface area contributed by atoms with E-state index in [0.717, 1.165) is 15.9 Å². The molecule has 0 saturated heterocycles. The van der Waals surface area contributed by atoms with Crippen molar-refractivity contribution in [3.05, 3.63) is 35.9 Å². The number of aliphatic imine (C=N–C) groups is 1. The van der Waals surface area contributed by atoms with Gasteiger partial charge in [-0.3, -0.25) is 0 Å². The second-order valence-electron chi connectivity index (χ2n) is 3.22. The predicted octanol–water partition coefficient (Wildman–Crippen LogP) is 1.31. The summed E-state index contributed by atoms with van der Waals surface area (Å²) in [4.78, 5) is 6.44. The summed E-state index contributed by atoms with van der Waals surface area (Å²) in [7, 11) is 3.97. The molecule has 0 atom stereocenters. The van der Waals surface area contributed by atoms with Crippen LogP contribution in [0.2, 0.25) is 0 Å². The first-order valence-corrected chi connectivity index (χ1v) is 5.29. The monoisotopic (exact) mass is 254 g/mol. The van der Waals surface area contributed by atoms with Gasteiger partial charge in [-0.25, -0.2) is 0 Å². The van der Waals surface area contributed by atoms with Crippen molar-refractivity contribution in [2.24, 2.45) is 4.99 Å².